The predicted octanol–water partition coefficient (Wildman–Crippen LogP) is 5.28. The van der Waals surface area contributed by atoms with Crippen LogP contribution in [0.25, 0.3) is 11.1 Å². The SMILES string of the molecule is C=CCN1[C@H](CO)[C@@H](c2ccc(-c3cccc(C)c3C)cc2)[C@@H]1CNS(=O)(=O)c1ccccc1C(F)(F)F. The molecule has 3 aromatic carbocycles. The zero-order valence-corrected chi connectivity index (χ0v) is 22.1. The summed E-state index contributed by atoms with van der Waals surface area (Å²) in [4.78, 5) is 1.10. The van der Waals surface area contributed by atoms with Crippen LogP contribution in [-0.4, -0.2) is 50.2 Å². The number of nitrogens with one attached hydrogen (secondary N) is 1. The highest BCUT2D eigenvalue weighted by Crippen LogP contribution is 2.41. The lowest BCUT2D eigenvalue weighted by atomic mass is 9.75. The largest absolute Gasteiger partial charge is 0.417 e. The minimum atomic E-state index is -4.81. The van der Waals surface area contributed by atoms with Gasteiger partial charge < -0.3 is 5.11 Å². The van der Waals surface area contributed by atoms with Crippen molar-refractivity contribution in [2.45, 2.75) is 42.9 Å². The quantitative estimate of drug-likeness (QED) is 0.360. The van der Waals surface area contributed by atoms with E-state index < -0.39 is 26.7 Å². The summed E-state index contributed by atoms with van der Waals surface area (Å²) in [6, 6.07) is 17.5. The number of nitrogens with zero attached hydrogens (tertiary/aromatic N) is 1. The van der Waals surface area contributed by atoms with Gasteiger partial charge in [0.15, 0.2) is 0 Å². The first-order chi connectivity index (χ1) is 18.0. The zero-order valence-electron chi connectivity index (χ0n) is 21.2. The Labute approximate surface area is 221 Å². The van der Waals surface area contributed by atoms with E-state index in [1.54, 1.807) is 6.08 Å². The second-order valence-corrected chi connectivity index (χ2v) is 11.3. The number of hydrogen-bond donors (Lipinski definition) is 2. The van der Waals surface area contributed by atoms with Gasteiger partial charge in [0.25, 0.3) is 0 Å². The summed E-state index contributed by atoms with van der Waals surface area (Å²) < 4.78 is 68.7. The fourth-order valence-corrected chi connectivity index (χ4v) is 6.57. The molecule has 38 heavy (non-hydrogen) atoms. The van der Waals surface area contributed by atoms with E-state index >= 15 is 0 Å². The Morgan fingerprint density at radius 2 is 1.68 bits per heavy atom. The number of aryl methyl sites for hydroxylation is 1. The molecule has 4 rings (SSSR count). The normalized spacial score (nSPS) is 20.2. The van der Waals surface area contributed by atoms with Crippen molar-refractivity contribution in [2.24, 2.45) is 0 Å². The van der Waals surface area contributed by atoms with Crippen molar-refractivity contribution in [3.63, 3.8) is 0 Å². The van der Waals surface area contributed by atoms with E-state index in [0.717, 1.165) is 34.9 Å². The molecule has 0 unspecified atom stereocenters. The number of rotatable bonds is 9. The van der Waals surface area contributed by atoms with Gasteiger partial charge in [0.05, 0.1) is 17.1 Å². The van der Waals surface area contributed by atoms with E-state index in [0.29, 0.717) is 6.54 Å². The highest BCUT2D eigenvalue weighted by Gasteiger charge is 2.48. The van der Waals surface area contributed by atoms with Crippen LogP contribution in [0.1, 0.15) is 28.2 Å². The van der Waals surface area contributed by atoms with Gasteiger partial charge in [0.2, 0.25) is 10.0 Å². The molecular formula is C29H31F3N2O3S. The van der Waals surface area contributed by atoms with Crippen molar-refractivity contribution in [1.29, 1.82) is 0 Å². The Morgan fingerprint density at radius 1 is 1.00 bits per heavy atom. The van der Waals surface area contributed by atoms with Crippen LogP contribution < -0.4 is 4.72 Å². The van der Waals surface area contributed by atoms with Gasteiger partial charge in [0, 0.05) is 31.1 Å². The molecule has 1 aliphatic heterocycles. The van der Waals surface area contributed by atoms with Crippen LogP contribution in [0.5, 0.6) is 0 Å². The number of hydrogen-bond acceptors (Lipinski definition) is 4. The topological polar surface area (TPSA) is 69.6 Å². The molecule has 9 heteroatoms. The van der Waals surface area contributed by atoms with Gasteiger partial charge in [-0.15, -0.1) is 6.58 Å². The van der Waals surface area contributed by atoms with Crippen molar-refractivity contribution in [3.05, 3.63) is 102 Å². The highest BCUT2D eigenvalue weighted by molar-refractivity contribution is 7.89. The summed E-state index contributed by atoms with van der Waals surface area (Å²) >= 11 is 0. The third-order valence-corrected chi connectivity index (χ3v) is 8.87. The Morgan fingerprint density at radius 3 is 2.32 bits per heavy atom. The maximum absolute atomic E-state index is 13.5. The summed E-state index contributed by atoms with van der Waals surface area (Å²) in [5.74, 6) is -0.229. The number of aliphatic hydroxyl groups excluding tert-OH is 1. The lowest BCUT2D eigenvalue weighted by molar-refractivity contribution is -0.139. The third kappa shape index (κ3) is 5.42. The lowest BCUT2D eigenvalue weighted by Gasteiger charge is -2.55. The molecule has 0 radical (unpaired) electrons. The Hall–Kier alpha value is -2.98. The molecule has 0 spiro atoms. The van der Waals surface area contributed by atoms with Crippen molar-refractivity contribution >= 4 is 10.0 Å². The van der Waals surface area contributed by atoms with Gasteiger partial charge in [-0.05, 0) is 53.8 Å². The maximum atomic E-state index is 13.5. The second kappa shape index (κ2) is 11.0. The van der Waals surface area contributed by atoms with Crippen molar-refractivity contribution in [3.8, 4) is 11.1 Å². The smallest absolute Gasteiger partial charge is 0.395 e. The van der Waals surface area contributed by atoms with Gasteiger partial charge in [0.1, 0.15) is 0 Å². The molecule has 3 aromatic rings. The standard InChI is InChI=1S/C29H31F3N2O3S/c1-4-16-34-25(17-33-38(36,37)27-11-6-5-10-24(27)29(30,31)32)28(26(34)18-35)22-14-12-21(13-15-22)23-9-7-8-19(2)20(23)3/h4-15,25-26,28,33,35H,1,16-18H2,2-3H3/t25-,26+,28-/m0/s1. The number of halogens is 3. The summed E-state index contributed by atoms with van der Waals surface area (Å²) in [5.41, 5.74) is 4.23. The van der Waals surface area contributed by atoms with Crippen LogP contribution in [0.4, 0.5) is 13.2 Å². The van der Waals surface area contributed by atoms with Crippen LogP contribution in [0.3, 0.4) is 0 Å². The number of likely N-dealkylation sites (tertiary alicyclic amines) is 1. The maximum Gasteiger partial charge on any atom is 0.417 e. The van der Waals surface area contributed by atoms with Gasteiger partial charge >= 0.3 is 6.18 Å². The van der Waals surface area contributed by atoms with Crippen LogP contribution in [0.15, 0.2) is 84.3 Å². The van der Waals surface area contributed by atoms with E-state index in [1.807, 2.05) is 35.2 Å². The van der Waals surface area contributed by atoms with E-state index in [4.69, 9.17) is 0 Å². The first-order valence-electron chi connectivity index (χ1n) is 12.3. The zero-order chi connectivity index (χ0) is 27.7. The molecule has 2 N–H and O–H groups in total. The van der Waals surface area contributed by atoms with Crippen molar-refractivity contribution < 1.29 is 26.7 Å². The van der Waals surface area contributed by atoms with Gasteiger partial charge in [-0.2, -0.15) is 13.2 Å². The van der Waals surface area contributed by atoms with Crippen LogP contribution in [0.2, 0.25) is 0 Å². The number of sulfonamides is 1. The molecule has 1 aliphatic rings. The van der Waals surface area contributed by atoms with Crippen LogP contribution in [0, 0.1) is 13.8 Å². The van der Waals surface area contributed by atoms with Gasteiger partial charge in [-0.25, -0.2) is 13.1 Å². The molecule has 1 fully saturated rings. The summed E-state index contributed by atoms with van der Waals surface area (Å²) in [6.45, 7) is 7.99. The number of benzene rings is 3. The molecule has 0 bridgehead atoms. The fourth-order valence-electron chi connectivity index (χ4n) is 5.30. The minimum absolute atomic E-state index is 0.123. The van der Waals surface area contributed by atoms with E-state index in [-0.39, 0.29) is 31.2 Å². The highest BCUT2D eigenvalue weighted by atomic mass is 32.2. The Bertz CT molecular complexity index is 1410. The molecular weight excluding hydrogens is 513 g/mol. The minimum Gasteiger partial charge on any atom is -0.395 e. The molecule has 5 nitrogen and oxygen atoms in total. The Kier molecular flexibility index (Phi) is 8.13. The second-order valence-electron chi connectivity index (χ2n) is 9.54. The average Bonchev–Trinajstić information content (AvgIpc) is 2.88. The molecule has 0 amide bonds. The molecule has 202 valence electrons. The van der Waals surface area contributed by atoms with Crippen LogP contribution >= 0.6 is 0 Å². The lowest BCUT2D eigenvalue weighted by Crippen LogP contribution is -2.66. The van der Waals surface area contributed by atoms with Crippen LogP contribution in [-0.2, 0) is 16.2 Å². The molecule has 0 saturated carbocycles. The summed E-state index contributed by atoms with van der Waals surface area (Å²) in [6.07, 6.45) is -3.15. The van der Waals surface area contributed by atoms with Crippen molar-refractivity contribution in [2.75, 3.05) is 19.7 Å². The molecule has 0 aromatic heterocycles. The fraction of sp³-hybridized carbons (Fsp3) is 0.310. The molecule has 3 atom stereocenters. The van der Waals surface area contributed by atoms with E-state index in [1.165, 1.54) is 17.2 Å². The first kappa shape index (κ1) is 28.0. The van der Waals surface area contributed by atoms with Gasteiger partial charge in [-0.1, -0.05) is 60.7 Å². The number of alkyl halides is 3. The van der Waals surface area contributed by atoms with Crippen molar-refractivity contribution in [1.82, 2.24) is 9.62 Å². The summed E-state index contributed by atoms with van der Waals surface area (Å²) in [5, 5.41) is 10.1. The molecule has 1 saturated heterocycles. The molecule has 0 aliphatic carbocycles. The monoisotopic (exact) mass is 544 g/mol. The Balaban J connectivity index is 1.61. The van der Waals surface area contributed by atoms with E-state index in [9.17, 15) is 26.7 Å². The van der Waals surface area contributed by atoms with E-state index in [2.05, 4.69) is 37.3 Å². The molecule has 1 heterocycles. The average molecular weight is 545 g/mol. The predicted molar refractivity (Wildman–Crippen MR) is 142 cm³/mol. The van der Waals surface area contributed by atoms with Gasteiger partial charge in [-0.3, -0.25) is 4.90 Å². The summed E-state index contributed by atoms with van der Waals surface area (Å²) in [7, 11) is -4.45. The number of aliphatic hydroxyl groups is 1. The third-order valence-electron chi connectivity index (χ3n) is 7.38. The first-order valence-corrected chi connectivity index (χ1v) is 13.8.